The molecule has 4 nitrogen and oxygen atoms in total. The molecule has 0 heterocycles. The van der Waals surface area contributed by atoms with Crippen LogP contribution in [0.15, 0.2) is 41.3 Å². The molecule has 0 atom stereocenters. The Hall–Kier alpha value is -1.47. The molecule has 1 aromatic rings. The topological polar surface area (TPSA) is 55.4 Å². The third-order valence-electron chi connectivity index (χ3n) is 2.34. The first kappa shape index (κ1) is 16.6. The van der Waals surface area contributed by atoms with Crippen molar-refractivity contribution in [3.63, 3.8) is 0 Å². The van der Waals surface area contributed by atoms with Crippen molar-refractivity contribution in [3.8, 4) is 0 Å². The molecule has 0 aliphatic rings. The maximum Gasteiger partial charge on any atom is 0.341 e. The third-order valence-corrected chi connectivity index (χ3v) is 3.74. The Labute approximate surface area is 117 Å². The van der Waals surface area contributed by atoms with E-state index in [4.69, 9.17) is 4.74 Å². The van der Waals surface area contributed by atoms with Crippen LogP contribution in [0.25, 0.3) is 0 Å². The van der Waals surface area contributed by atoms with Crippen molar-refractivity contribution < 1.29 is 21.9 Å². The molecule has 0 radical (unpaired) electrons. The summed E-state index contributed by atoms with van der Waals surface area (Å²) in [4.78, 5) is -0.392. The number of rotatable bonds is 8. The van der Waals surface area contributed by atoms with Crippen LogP contribution in [0.1, 0.15) is 6.92 Å². The maximum absolute atomic E-state index is 12.3. The Kier molecular flexibility index (Phi) is 6.09. The van der Waals surface area contributed by atoms with Crippen LogP contribution >= 0.6 is 0 Å². The van der Waals surface area contributed by atoms with E-state index in [2.05, 4.69) is 11.9 Å². The van der Waals surface area contributed by atoms with E-state index in [1.54, 1.807) is 0 Å². The first-order valence-electron chi connectivity index (χ1n) is 5.92. The lowest BCUT2D eigenvalue weighted by molar-refractivity contribution is 0.167. The van der Waals surface area contributed by atoms with Crippen LogP contribution in [0, 0.1) is 0 Å². The highest BCUT2D eigenvalue weighted by Crippen LogP contribution is 2.20. The van der Waals surface area contributed by atoms with Crippen molar-refractivity contribution in [1.82, 2.24) is 0 Å². The van der Waals surface area contributed by atoms with Gasteiger partial charge in [0, 0.05) is 12.2 Å². The second kappa shape index (κ2) is 7.35. The highest BCUT2D eigenvalue weighted by molar-refractivity contribution is 7.91. The van der Waals surface area contributed by atoms with E-state index in [1.807, 2.05) is 6.92 Å². The molecule has 0 bridgehead atoms. The highest BCUT2D eigenvalue weighted by atomic mass is 32.2. The van der Waals surface area contributed by atoms with Gasteiger partial charge in [0.2, 0.25) is 9.84 Å². The number of halogens is 2. The number of nitrogens with one attached hydrogen (secondary N) is 1. The lowest BCUT2D eigenvalue weighted by atomic mass is 10.3. The molecule has 0 unspecified atom stereocenters. The van der Waals surface area contributed by atoms with Gasteiger partial charge in [-0.05, 0) is 31.2 Å². The van der Waals surface area contributed by atoms with E-state index in [9.17, 15) is 17.2 Å². The lowest BCUT2D eigenvalue weighted by Gasteiger charge is -2.08. The van der Waals surface area contributed by atoms with Crippen molar-refractivity contribution in [2.45, 2.75) is 17.6 Å². The number of hydrogen-bond acceptors (Lipinski definition) is 4. The molecule has 0 fully saturated rings. The fourth-order valence-corrected chi connectivity index (χ4v) is 2.10. The molecule has 1 rings (SSSR count). The summed E-state index contributed by atoms with van der Waals surface area (Å²) in [5.74, 6) is -3.41. The number of sulfone groups is 1. The lowest BCUT2D eigenvalue weighted by Crippen LogP contribution is -2.12. The van der Waals surface area contributed by atoms with Crippen molar-refractivity contribution in [1.29, 1.82) is 0 Å². The molecule has 0 amide bonds. The van der Waals surface area contributed by atoms with Crippen molar-refractivity contribution >= 4 is 15.5 Å². The van der Waals surface area contributed by atoms with E-state index in [1.165, 1.54) is 12.1 Å². The minimum absolute atomic E-state index is 0.392. The Balaban J connectivity index is 2.49. The number of alkyl halides is 2. The first-order valence-corrected chi connectivity index (χ1v) is 7.47. The van der Waals surface area contributed by atoms with Gasteiger partial charge in [-0.15, -0.1) is 0 Å². The molecule has 0 spiro atoms. The van der Waals surface area contributed by atoms with Crippen LogP contribution in [-0.2, 0) is 14.6 Å². The predicted octanol–water partition coefficient (Wildman–Crippen LogP) is 2.69. The Morgan fingerprint density at radius 1 is 1.35 bits per heavy atom. The summed E-state index contributed by atoms with van der Waals surface area (Å²) < 4.78 is 52.3. The molecule has 112 valence electrons. The smallest absolute Gasteiger partial charge is 0.341 e. The third kappa shape index (κ3) is 4.90. The van der Waals surface area contributed by atoms with Gasteiger partial charge < -0.3 is 10.1 Å². The number of anilines is 1. The standard InChI is InChI=1S/C13H17F2NO3S/c1-10(2)9-19-8-7-16-11-3-5-12(6-4-11)20(17,18)13(14)15/h3-6,13,16H,1,7-9H2,2H3. The summed E-state index contributed by atoms with van der Waals surface area (Å²) in [6.07, 6.45) is 0. The zero-order valence-corrected chi connectivity index (χ0v) is 11.9. The molecule has 0 aliphatic carbocycles. The molecule has 0 saturated heterocycles. The SMILES string of the molecule is C=C(C)COCCNc1ccc(S(=O)(=O)C(F)F)cc1. The minimum Gasteiger partial charge on any atom is -0.383 e. The molecule has 1 N–H and O–H groups in total. The van der Waals surface area contributed by atoms with Crippen LogP contribution < -0.4 is 5.32 Å². The second-order valence-electron chi connectivity index (χ2n) is 4.27. The van der Waals surface area contributed by atoms with Crippen LogP contribution in [0.2, 0.25) is 0 Å². The molecule has 0 saturated carbocycles. The normalized spacial score (nSPS) is 11.6. The Bertz CT molecular complexity index is 541. The van der Waals surface area contributed by atoms with Crippen LogP contribution in [0.3, 0.4) is 0 Å². The van der Waals surface area contributed by atoms with Crippen LogP contribution in [-0.4, -0.2) is 33.9 Å². The first-order chi connectivity index (χ1) is 9.34. The van der Waals surface area contributed by atoms with Gasteiger partial charge in [-0.2, -0.15) is 8.78 Å². The average molecular weight is 305 g/mol. The predicted molar refractivity (Wildman–Crippen MR) is 73.8 cm³/mol. The summed E-state index contributed by atoms with van der Waals surface area (Å²) >= 11 is 0. The quantitative estimate of drug-likeness (QED) is 0.592. The molecule has 1 aromatic carbocycles. The summed E-state index contributed by atoms with van der Waals surface area (Å²) in [6, 6.07) is 5.18. The molecular formula is C13H17F2NO3S. The molecule has 0 aliphatic heterocycles. The summed E-state index contributed by atoms with van der Waals surface area (Å²) in [5, 5.41) is 2.99. The van der Waals surface area contributed by atoms with Gasteiger partial charge in [-0.25, -0.2) is 8.42 Å². The van der Waals surface area contributed by atoms with Crippen LogP contribution in [0.4, 0.5) is 14.5 Å². The second-order valence-corrected chi connectivity index (χ2v) is 6.18. The molecule has 0 aromatic heterocycles. The van der Waals surface area contributed by atoms with Gasteiger partial charge in [0.15, 0.2) is 0 Å². The van der Waals surface area contributed by atoms with E-state index in [0.29, 0.717) is 25.4 Å². The summed E-state index contributed by atoms with van der Waals surface area (Å²) in [5.41, 5.74) is 1.56. The zero-order valence-electron chi connectivity index (χ0n) is 11.1. The summed E-state index contributed by atoms with van der Waals surface area (Å²) in [6.45, 7) is 7.01. The van der Waals surface area contributed by atoms with Gasteiger partial charge in [0.1, 0.15) is 0 Å². The largest absolute Gasteiger partial charge is 0.383 e. The zero-order chi connectivity index (χ0) is 15.2. The van der Waals surface area contributed by atoms with Crippen LogP contribution in [0.5, 0.6) is 0 Å². The number of ether oxygens (including phenoxy) is 1. The number of benzene rings is 1. The van der Waals surface area contributed by atoms with Gasteiger partial charge in [0.25, 0.3) is 0 Å². The van der Waals surface area contributed by atoms with Gasteiger partial charge in [-0.3, -0.25) is 0 Å². The Morgan fingerprint density at radius 2 is 1.95 bits per heavy atom. The summed E-state index contributed by atoms with van der Waals surface area (Å²) in [7, 11) is -4.53. The maximum atomic E-state index is 12.3. The molecule has 7 heteroatoms. The van der Waals surface area contributed by atoms with Gasteiger partial charge in [-0.1, -0.05) is 12.2 Å². The number of hydrogen-bond donors (Lipinski definition) is 1. The van der Waals surface area contributed by atoms with Gasteiger partial charge in [0.05, 0.1) is 18.1 Å². The van der Waals surface area contributed by atoms with Crippen molar-refractivity contribution in [2.24, 2.45) is 0 Å². The van der Waals surface area contributed by atoms with E-state index in [-0.39, 0.29) is 0 Å². The monoisotopic (exact) mass is 305 g/mol. The van der Waals surface area contributed by atoms with Crippen molar-refractivity contribution in [2.75, 3.05) is 25.1 Å². The fraction of sp³-hybridized carbons (Fsp3) is 0.385. The average Bonchev–Trinajstić information content (AvgIpc) is 2.38. The molecule has 20 heavy (non-hydrogen) atoms. The van der Waals surface area contributed by atoms with E-state index in [0.717, 1.165) is 17.7 Å². The minimum atomic E-state index is -4.53. The Morgan fingerprint density at radius 3 is 2.45 bits per heavy atom. The van der Waals surface area contributed by atoms with E-state index < -0.39 is 20.5 Å². The molecular weight excluding hydrogens is 288 g/mol. The highest BCUT2D eigenvalue weighted by Gasteiger charge is 2.26. The van der Waals surface area contributed by atoms with Gasteiger partial charge >= 0.3 is 5.76 Å². The van der Waals surface area contributed by atoms with E-state index >= 15 is 0 Å². The van der Waals surface area contributed by atoms with Crippen molar-refractivity contribution in [3.05, 3.63) is 36.4 Å². The fourth-order valence-electron chi connectivity index (χ4n) is 1.38.